The minimum absolute atomic E-state index is 0.197. The fourth-order valence-corrected chi connectivity index (χ4v) is 1.99. The van der Waals surface area contributed by atoms with Crippen LogP contribution in [0.15, 0.2) is 24.3 Å². The summed E-state index contributed by atoms with van der Waals surface area (Å²) in [5, 5.41) is 7.71. The zero-order valence-electron chi connectivity index (χ0n) is 11.4. The third-order valence-corrected chi connectivity index (χ3v) is 3.20. The maximum absolute atomic E-state index is 6.01. The lowest BCUT2D eigenvalue weighted by Crippen LogP contribution is -2.11. The van der Waals surface area contributed by atoms with Crippen LogP contribution in [0, 0.1) is 13.8 Å². The molecule has 4 heteroatoms. The highest BCUT2D eigenvalue weighted by Crippen LogP contribution is 2.26. The summed E-state index contributed by atoms with van der Waals surface area (Å²) in [5.41, 5.74) is 10.1. The van der Waals surface area contributed by atoms with Crippen LogP contribution in [0.5, 0.6) is 0 Å². The summed E-state index contributed by atoms with van der Waals surface area (Å²) in [7, 11) is 1.90. The molecule has 0 aliphatic rings. The maximum Gasteiger partial charge on any atom is 0.148 e. The van der Waals surface area contributed by atoms with Crippen LogP contribution in [0.1, 0.15) is 29.8 Å². The van der Waals surface area contributed by atoms with Crippen LogP contribution in [0.2, 0.25) is 0 Å². The molecule has 2 aromatic rings. The Morgan fingerprint density at radius 2 is 1.83 bits per heavy atom. The van der Waals surface area contributed by atoms with Crippen molar-refractivity contribution in [3.05, 3.63) is 41.1 Å². The second-order valence-corrected chi connectivity index (χ2v) is 4.75. The molecule has 0 aliphatic heterocycles. The molecule has 1 unspecified atom stereocenters. The molecular formula is C14H20N4. The molecule has 96 valence electrons. The van der Waals surface area contributed by atoms with E-state index in [0.29, 0.717) is 0 Å². The van der Waals surface area contributed by atoms with E-state index in [0.717, 1.165) is 17.2 Å². The van der Waals surface area contributed by atoms with Crippen molar-refractivity contribution in [2.75, 3.05) is 11.1 Å². The number of nitrogens with one attached hydrogen (secondary N) is 1. The average molecular weight is 244 g/mol. The Morgan fingerprint density at radius 1 is 1.22 bits per heavy atom. The predicted octanol–water partition coefficient (Wildman–Crippen LogP) is 2.79. The Bertz CT molecular complexity index is 540. The van der Waals surface area contributed by atoms with Gasteiger partial charge < -0.3 is 11.1 Å². The topological polar surface area (TPSA) is 55.9 Å². The summed E-state index contributed by atoms with van der Waals surface area (Å²) in [4.78, 5) is 0. The van der Waals surface area contributed by atoms with Gasteiger partial charge in [-0.1, -0.05) is 29.8 Å². The van der Waals surface area contributed by atoms with Gasteiger partial charge in [0.15, 0.2) is 0 Å². The minimum atomic E-state index is 0.197. The molecule has 2 rings (SSSR count). The van der Waals surface area contributed by atoms with Crippen LogP contribution in [-0.4, -0.2) is 9.78 Å². The molecule has 0 aliphatic carbocycles. The highest BCUT2D eigenvalue weighted by molar-refractivity contribution is 5.65. The summed E-state index contributed by atoms with van der Waals surface area (Å²) in [5.74, 6) is 0.876. The van der Waals surface area contributed by atoms with Crippen molar-refractivity contribution in [2.24, 2.45) is 7.05 Å². The zero-order chi connectivity index (χ0) is 13.3. The zero-order valence-corrected chi connectivity index (χ0v) is 11.4. The Balaban J connectivity index is 2.21. The highest BCUT2D eigenvalue weighted by Gasteiger charge is 2.13. The van der Waals surface area contributed by atoms with Gasteiger partial charge in [-0.15, -0.1) is 0 Å². The van der Waals surface area contributed by atoms with Gasteiger partial charge in [0.05, 0.1) is 17.4 Å². The predicted molar refractivity (Wildman–Crippen MR) is 75.6 cm³/mol. The Morgan fingerprint density at radius 3 is 2.33 bits per heavy atom. The maximum atomic E-state index is 6.01. The van der Waals surface area contributed by atoms with E-state index in [9.17, 15) is 0 Å². The van der Waals surface area contributed by atoms with Crippen LogP contribution in [-0.2, 0) is 7.05 Å². The Kier molecular flexibility index (Phi) is 3.28. The molecule has 0 saturated heterocycles. The smallest absolute Gasteiger partial charge is 0.148 e. The Labute approximate surface area is 108 Å². The first-order chi connectivity index (χ1) is 8.49. The van der Waals surface area contributed by atoms with Gasteiger partial charge in [0.25, 0.3) is 0 Å². The third-order valence-electron chi connectivity index (χ3n) is 3.20. The number of nitrogen functional groups attached to an aromatic ring is 1. The van der Waals surface area contributed by atoms with Crippen molar-refractivity contribution < 1.29 is 0 Å². The van der Waals surface area contributed by atoms with Gasteiger partial charge in [0.2, 0.25) is 0 Å². The van der Waals surface area contributed by atoms with E-state index in [4.69, 9.17) is 5.73 Å². The first kappa shape index (κ1) is 12.5. The number of anilines is 2. The van der Waals surface area contributed by atoms with Gasteiger partial charge in [0.1, 0.15) is 5.82 Å². The number of aromatic nitrogens is 2. The first-order valence-corrected chi connectivity index (χ1v) is 6.11. The third kappa shape index (κ3) is 2.32. The van der Waals surface area contributed by atoms with Crippen molar-refractivity contribution in [3.8, 4) is 0 Å². The van der Waals surface area contributed by atoms with Crippen molar-refractivity contribution in [1.82, 2.24) is 9.78 Å². The first-order valence-electron chi connectivity index (χ1n) is 6.11. The molecule has 1 aromatic carbocycles. The number of hydrogen-bond donors (Lipinski definition) is 2. The molecule has 1 aromatic heterocycles. The largest absolute Gasteiger partial charge is 0.394 e. The molecule has 0 saturated carbocycles. The fraction of sp³-hybridized carbons (Fsp3) is 0.357. The second kappa shape index (κ2) is 4.72. The van der Waals surface area contributed by atoms with Crippen LogP contribution in [0.4, 0.5) is 11.5 Å². The number of rotatable bonds is 3. The van der Waals surface area contributed by atoms with Gasteiger partial charge in [-0.3, -0.25) is 4.68 Å². The van der Waals surface area contributed by atoms with E-state index >= 15 is 0 Å². The van der Waals surface area contributed by atoms with E-state index in [1.165, 1.54) is 11.1 Å². The molecule has 0 spiro atoms. The van der Waals surface area contributed by atoms with Crippen LogP contribution in [0.3, 0.4) is 0 Å². The summed E-state index contributed by atoms with van der Waals surface area (Å²) in [6.07, 6.45) is 0. The number of hydrogen-bond acceptors (Lipinski definition) is 3. The van der Waals surface area contributed by atoms with Crippen LogP contribution in [0.25, 0.3) is 0 Å². The molecule has 0 amide bonds. The molecule has 4 nitrogen and oxygen atoms in total. The summed E-state index contributed by atoms with van der Waals surface area (Å²) >= 11 is 0. The summed E-state index contributed by atoms with van der Waals surface area (Å²) in [6, 6.07) is 8.69. The quantitative estimate of drug-likeness (QED) is 0.873. The average Bonchev–Trinajstić information content (AvgIpc) is 2.57. The van der Waals surface area contributed by atoms with Crippen LogP contribution < -0.4 is 11.1 Å². The number of nitrogens with two attached hydrogens (primary N) is 1. The molecule has 0 radical (unpaired) electrons. The Hall–Kier alpha value is -1.97. The fourth-order valence-electron chi connectivity index (χ4n) is 1.99. The van der Waals surface area contributed by atoms with E-state index < -0.39 is 0 Å². The summed E-state index contributed by atoms with van der Waals surface area (Å²) < 4.78 is 1.79. The van der Waals surface area contributed by atoms with Gasteiger partial charge in [-0.05, 0) is 26.3 Å². The molecule has 0 fully saturated rings. The normalized spacial score (nSPS) is 12.4. The number of benzene rings is 1. The van der Waals surface area contributed by atoms with E-state index in [-0.39, 0.29) is 6.04 Å². The molecule has 0 bridgehead atoms. The van der Waals surface area contributed by atoms with E-state index in [1.54, 1.807) is 4.68 Å². The SMILES string of the molecule is Cc1ccc(C(C)Nc2c(N)c(C)nn2C)cc1. The number of nitrogens with zero attached hydrogens (tertiary/aromatic N) is 2. The molecule has 3 N–H and O–H groups in total. The van der Waals surface area contributed by atoms with Crippen molar-refractivity contribution in [3.63, 3.8) is 0 Å². The van der Waals surface area contributed by atoms with E-state index in [2.05, 4.69) is 48.5 Å². The monoisotopic (exact) mass is 244 g/mol. The lowest BCUT2D eigenvalue weighted by molar-refractivity contribution is 0.742. The standard InChI is InChI=1S/C14H20N4/c1-9-5-7-12(8-6-9)10(2)16-14-13(15)11(3)17-18(14)4/h5-8,10,16H,15H2,1-4H3. The van der Waals surface area contributed by atoms with Crippen molar-refractivity contribution in [2.45, 2.75) is 26.8 Å². The molecule has 18 heavy (non-hydrogen) atoms. The summed E-state index contributed by atoms with van der Waals surface area (Å²) in [6.45, 7) is 6.12. The van der Waals surface area contributed by atoms with Crippen molar-refractivity contribution >= 4 is 11.5 Å². The lowest BCUT2D eigenvalue weighted by atomic mass is 10.1. The lowest BCUT2D eigenvalue weighted by Gasteiger charge is -2.16. The van der Waals surface area contributed by atoms with Crippen molar-refractivity contribution in [1.29, 1.82) is 0 Å². The van der Waals surface area contributed by atoms with Gasteiger partial charge >= 0.3 is 0 Å². The minimum Gasteiger partial charge on any atom is -0.394 e. The van der Waals surface area contributed by atoms with E-state index in [1.807, 2.05) is 14.0 Å². The van der Waals surface area contributed by atoms with Gasteiger partial charge in [0, 0.05) is 7.05 Å². The van der Waals surface area contributed by atoms with Crippen LogP contribution >= 0.6 is 0 Å². The second-order valence-electron chi connectivity index (χ2n) is 4.75. The molecule has 1 heterocycles. The molecular weight excluding hydrogens is 224 g/mol. The van der Waals surface area contributed by atoms with Gasteiger partial charge in [-0.2, -0.15) is 5.10 Å². The highest BCUT2D eigenvalue weighted by atomic mass is 15.3. The van der Waals surface area contributed by atoms with Gasteiger partial charge in [-0.25, -0.2) is 0 Å². The molecule has 1 atom stereocenters. The number of aryl methyl sites for hydroxylation is 3.